The molecule has 9 heteroatoms. The first kappa shape index (κ1) is 19.5. The normalized spacial score (nSPS) is 18.3. The van der Waals surface area contributed by atoms with Crippen molar-refractivity contribution in [2.75, 3.05) is 19.7 Å². The van der Waals surface area contributed by atoms with Crippen LogP contribution in [-0.4, -0.2) is 54.9 Å². The van der Waals surface area contributed by atoms with E-state index in [4.69, 9.17) is 4.74 Å². The SMILES string of the molecule is CCCNC(=O)C1CCCN1S(=O)(=O)c1cc(C(=O)OCC)n(C)c1. The largest absolute Gasteiger partial charge is 0.461 e. The molecular formula is C16H25N3O5S. The molecule has 1 aromatic rings. The van der Waals surface area contributed by atoms with Gasteiger partial charge in [-0.2, -0.15) is 4.31 Å². The summed E-state index contributed by atoms with van der Waals surface area (Å²) < 4.78 is 33.5. The fraction of sp³-hybridized carbons (Fsp3) is 0.625. The van der Waals surface area contributed by atoms with Gasteiger partial charge in [0, 0.05) is 26.3 Å². The molecule has 0 radical (unpaired) electrons. The van der Waals surface area contributed by atoms with Crippen molar-refractivity contribution in [3.63, 3.8) is 0 Å². The number of rotatable bonds is 7. The average molecular weight is 371 g/mol. The van der Waals surface area contributed by atoms with Crippen molar-refractivity contribution >= 4 is 21.9 Å². The lowest BCUT2D eigenvalue weighted by Gasteiger charge is -2.22. The number of nitrogens with zero attached hydrogens (tertiary/aromatic N) is 2. The van der Waals surface area contributed by atoms with Gasteiger partial charge in [0.1, 0.15) is 16.6 Å². The third kappa shape index (κ3) is 4.04. The second kappa shape index (κ2) is 8.01. The summed E-state index contributed by atoms with van der Waals surface area (Å²) in [5.74, 6) is -0.852. The minimum absolute atomic E-state index is 0.00626. The Morgan fingerprint density at radius 1 is 1.36 bits per heavy atom. The Labute approximate surface area is 148 Å². The van der Waals surface area contributed by atoms with Crippen LogP contribution in [0, 0.1) is 0 Å². The van der Waals surface area contributed by atoms with E-state index in [1.165, 1.54) is 21.1 Å². The summed E-state index contributed by atoms with van der Waals surface area (Å²) in [5, 5.41) is 2.75. The molecule has 1 amide bonds. The molecule has 140 valence electrons. The zero-order valence-electron chi connectivity index (χ0n) is 14.8. The van der Waals surface area contributed by atoms with E-state index in [9.17, 15) is 18.0 Å². The first-order chi connectivity index (χ1) is 11.8. The highest BCUT2D eigenvalue weighted by atomic mass is 32.2. The van der Waals surface area contributed by atoms with Crippen LogP contribution in [0.5, 0.6) is 0 Å². The van der Waals surface area contributed by atoms with Gasteiger partial charge < -0.3 is 14.6 Å². The number of amides is 1. The molecule has 1 saturated heterocycles. The van der Waals surface area contributed by atoms with Gasteiger partial charge >= 0.3 is 5.97 Å². The highest BCUT2D eigenvalue weighted by Crippen LogP contribution is 2.27. The van der Waals surface area contributed by atoms with Crippen LogP contribution in [0.4, 0.5) is 0 Å². The Morgan fingerprint density at radius 2 is 2.08 bits per heavy atom. The number of carbonyl (C=O) groups is 2. The van der Waals surface area contributed by atoms with Gasteiger partial charge in [0.25, 0.3) is 0 Å². The predicted molar refractivity (Wildman–Crippen MR) is 91.6 cm³/mol. The van der Waals surface area contributed by atoms with Crippen molar-refractivity contribution in [1.29, 1.82) is 0 Å². The highest BCUT2D eigenvalue weighted by Gasteiger charge is 2.40. The van der Waals surface area contributed by atoms with Gasteiger partial charge in [-0.25, -0.2) is 13.2 Å². The maximum absolute atomic E-state index is 12.9. The molecule has 2 heterocycles. The molecule has 2 rings (SSSR count). The van der Waals surface area contributed by atoms with E-state index < -0.39 is 22.0 Å². The van der Waals surface area contributed by atoms with Gasteiger partial charge in [0.05, 0.1) is 6.61 Å². The molecule has 1 N–H and O–H groups in total. The Kier molecular flexibility index (Phi) is 6.23. The monoisotopic (exact) mass is 371 g/mol. The van der Waals surface area contributed by atoms with Gasteiger partial charge in [-0.1, -0.05) is 6.92 Å². The molecule has 1 aliphatic heterocycles. The maximum atomic E-state index is 12.9. The van der Waals surface area contributed by atoms with E-state index >= 15 is 0 Å². The molecule has 1 aliphatic rings. The van der Waals surface area contributed by atoms with Crippen LogP contribution in [0.3, 0.4) is 0 Å². The van der Waals surface area contributed by atoms with Crippen LogP contribution in [0.15, 0.2) is 17.2 Å². The molecule has 0 aromatic carbocycles. The molecule has 1 unspecified atom stereocenters. The number of aromatic nitrogens is 1. The molecule has 0 spiro atoms. The third-order valence-corrected chi connectivity index (χ3v) is 6.00. The Morgan fingerprint density at radius 3 is 2.72 bits per heavy atom. The van der Waals surface area contributed by atoms with E-state index in [0.717, 1.165) is 6.42 Å². The Bertz CT molecular complexity index is 741. The smallest absolute Gasteiger partial charge is 0.354 e. The van der Waals surface area contributed by atoms with Gasteiger partial charge in [-0.15, -0.1) is 0 Å². The Balaban J connectivity index is 2.27. The summed E-state index contributed by atoms with van der Waals surface area (Å²) >= 11 is 0. The quantitative estimate of drug-likeness (QED) is 0.718. The molecule has 1 aromatic heterocycles. The third-order valence-electron chi connectivity index (χ3n) is 4.13. The van der Waals surface area contributed by atoms with Gasteiger partial charge in [0.15, 0.2) is 0 Å². The van der Waals surface area contributed by atoms with Crippen LogP contribution < -0.4 is 5.32 Å². The molecule has 0 saturated carbocycles. The van der Waals surface area contributed by atoms with E-state index in [2.05, 4.69) is 5.32 Å². The summed E-state index contributed by atoms with van der Waals surface area (Å²) in [4.78, 5) is 24.2. The molecule has 0 bridgehead atoms. The summed E-state index contributed by atoms with van der Waals surface area (Å²) in [7, 11) is -2.28. The molecule has 1 fully saturated rings. The maximum Gasteiger partial charge on any atom is 0.354 e. The number of esters is 1. The molecule has 8 nitrogen and oxygen atoms in total. The second-order valence-electron chi connectivity index (χ2n) is 5.96. The number of ether oxygens (including phenoxy) is 1. The fourth-order valence-corrected chi connectivity index (χ4v) is 4.60. The molecular weight excluding hydrogens is 346 g/mol. The number of aryl methyl sites for hydroxylation is 1. The topological polar surface area (TPSA) is 97.7 Å². The van der Waals surface area contributed by atoms with Crippen LogP contribution in [0.1, 0.15) is 43.6 Å². The van der Waals surface area contributed by atoms with Crippen LogP contribution >= 0.6 is 0 Å². The van der Waals surface area contributed by atoms with Gasteiger partial charge in [-0.05, 0) is 32.3 Å². The molecule has 25 heavy (non-hydrogen) atoms. The summed E-state index contributed by atoms with van der Waals surface area (Å²) in [5.41, 5.74) is 0.159. The van der Waals surface area contributed by atoms with Crippen LogP contribution in [0.2, 0.25) is 0 Å². The van der Waals surface area contributed by atoms with Gasteiger partial charge in [-0.3, -0.25) is 4.79 Å². The second-order valence-corrected chi connectivity index (χ2v) is 7.85. The minimum atomic E-state index is -3.86. The lowest BCUT2D eigenvalue weighted by Crippen LogP contribution is -2.45. The lowest BCUT2D eigenvalue weighted by molar-refractivity contribution is -0.124. The first-order valence-corrected chi connectivity index (χ1v) is 9.90. The van der Waals surface area contributed by atoms with Crippen LogP contribution in [-0.2, 0) is 26.6 Å². The van der Waals surface area contributed by atoms with E-state index in [1.54, 1.807) is 14.0 Å². The van der Waals surface area contributed by atoms with Crippen molar-refractivity contribution in [2.45, 2.75) is 44.0 Å². The van der Waals surface area contributed by atoms with Crippen molar-refractivity contribution in [3.05, 3.63) is 18.0 Å². The van der Waals surface area contributed by atoms with Crippen molar-refractivity contribution in [2.24, 2.45) is 7.05 Å². The number of hydrogen-bond acceptors (Lipinski definition) is 5. The first-order valence-electron chi connectivity index (χ1n) is 8.46. The van der Waals surface area contributed by atoms with Gasteiger partial charge in [0.2, 0.25) is 15.9 Å². The molecule has 1 atom stereocenters. The lowest BCUT2D eigenvalue weighted by atomic mass is 10.2. The number of hydrogen-bond donors (Lipinski definition) is 1. The average Bonchev–Trinajstić information content (AvgIpc) is 3.20. The van der Waals surface area contributed by atoms with Crippen LogP contribution in [0.25, 0.3) is 0 Å². The minimum Gasteiger partial charge on any atom is -0.461 e. The number of sulfonamides is 1. The summed E-state index contributed by atoms with van der Waals surface area (Å²) in [6.45, 7) is 4.63. The molecule has 0 aliphatic carbocycles. The highest BCUT2D eigenvalue weighted by molar-refractivity contribution is 7.89. The van der Waals surface area contributed by atoms with E-state index in [-0.39, 0.29) is 29.6 Å². The van der Waals surface area contributed by atoms with Crippen molar-refractivity contribution in [3.8, 4) is 0 Å². The fourth-order valence-electron chi connectivity index (χ4n) is 2.87. The standard InChI is InChI=1S/C16H25N3O5S/c1-4-8-17-15(20)13-7-6-9-19(13)25(22,23)12-10-14(18(3)11-12)16(21)24-5-2/h10-11,13H,4-9H2,1-3H3,(H,17,20). The number of carbonyl (C=O) groups excluding carboxylic acids is 2. The zero-order valence-corrected chi connectivity index (χ0v) is 15.6. The summed E-state index contributed by atoms with van der Waals surface area (Å²) in [6.07, 6.45) is 3.28. The number of nitrogens with one attached hydrogen (secondary N) is 1. The zero-order chi connectivity index (χ0) is 18.6. The van der Waals surface area contributed by atoms with Crippen molar-refractivity contribution in [1.82, 2.24) is 14.2 Å². The van der Waals surface area contributed by atoms with Crippen molar-refractivity contribution < 1.29 is 22.7 Å². The predicted octanol–water partition coefficient (Wildman–Crippen LogP) is 0.881. The van der Waals surface area contributed by atoms with E-state index in [0.29, 0.717) is 19.4 Å². The Hall–Kier alpha value is -1.87. The van der Waals surface area contributed by atoms with E-state index in [1.807, 2.05) is 6.92 Å². The summed E-state index contributed by atoms with van der Waals surface area (Å²) in [6, 6.07) is 0.593.